The summed E-state index contributed by atoms with van der Waals surface area (Å²) < 4.78 is 17.7. The number of rotatable bonds is 5. The third-order valence-electron chi connectivity index (χ3n) is 4.96. The molecular formula is C22H20ClNO6. The predicted octanol–water partition coefficient (Wildman–Crippen LogP) is 3.59. The number of carbonyl (C=O) groups excluding carboxylic acids is 1. The molecule has 0 radical (unpaired) electrons. The number of nitrogens with zero attached hydrogens (tertiary/aromatic N) is 1. The Morgan fingerprint density at radius 2 is 2.03 bits per heavy atom. The maximum Gasteiger partial charge on any atom is 0.306 e. The van der Waals surface area contributed by atoms with Crippen molar-refractivity contribution in [3.05, 3.63) is 65.2 Å². The van der Waals surface area contributed by atoms with Gasteiger partial charge in [0, 0.05) is 22.7 Å². The molecule has 2 aliphatic heterocycles. The van der Waals surface area contributed by atoms with Gasteiger partial charge in [-0.25, -0.2) is 0 Å². The first-order valence-electron chi connectivity index (χ1n) is 9.47. The fraction of sp³-hybridized carbons (Fsp3) is 0.273. The van der Waals surface area contributed by atoms with E-state index in [2.05, 4.69) is 6.58 Å². The SMILES string of the molecule is C=CCN1C(=O)C(CC(=O)O)OC(c2cccc3c2OCCO3)c2cc(Cl)ccc21. The topological polar surface area (TPSA) is 85.3 Å². The standard InChI is InChI=1S/C22H20ClNO6/c1-2-8-24-16-7-6-13(23)11-15(16)20(30-18(22(24)27)12-19(25)26)14-4-3-5-17-21(14)29-10-9-28-17/h2-7,11,18,20H,1,8-10,12H2,(H,25,26). The van der Waals surface area contributed by atoms with Gasteiger partial charge in [-0.1, -0.05) is 29.8 Å². The fourth-order valence-electron chi connectivity index (χ4n) is 3.72. The molecule has 0 saturated heterocycles. The monoisotopic (exact) mass is 429 g/mol. The number of aliphatic carboxylic acids is 1. The molecule has 4 rings (SSSR count). The van der Waals surface area contributed by atoms with Crippen LogP contribution in [0.2, 0.25) is 5.02 Å². The number of ether oxygens (including phenoxy) is 3. The molecule has 0 bridgehead atoms. The van der Waals surface area contributed by atoms with Crippen molar-refractivity contribution in [1.82, 2.24) is 0 Å². The molecule has 0 spiro atoms. The first-order chi connectivity index (χ1) is 14.5. The maximum absolute atomic E-state index is 13.2. The van der Waals surface area contributed by atoms with Gasteiger partial charge in [0.05, 0.1) is 12.1 Å². The number of carboxylic acid groups (broad SMARTS) is 1. The van der Waals surface area contributed by atoms with Crippen molar-refractivity contribution in [2.24, 2.45) is 0 Å². The van der Waals surface area contributed by atoms with Gasteiger partial charge in [0.25, 0.3) is 5.91 Å². The van der Waals surface area contributed by atoms with Crippen LogP contribution < -0.4 is 14.4 Å². The number of halogens is 1. The molecule has 2 aliphatic rings. The number of benzene rings is 2. The molecule has 0 aromatic heterocycles. The van der Waals surface area contributed by atoms with Gasteiger partial charge in [0.2, 0.25) is 0 Å². The number of fused-ring (bicyclic) bond motifs is 2. The highest BCUT2D eigenvalue weighted by Crippen LogP contribution is 2.45. The summed E-state index contributed by atoms with van der Waals surface area (Å²) in [7, 11) is 0. The largest absolute Gasteiger partial charge is 0.486 e. The van der Waals surface area contributed by atoms with Gasteiger partial charge >= 0.3 is 5.97 Å². The number of carboxylic acids is 1. The van der Waals surface area contributed by atoms with E-state index in [0.717, 1.165) is 0 Å². The predicted molar refractivity (Wildman–Crippen MR) is 110 cm³/mol. The van der Waals surface area contributed by atoms with Gasteiger partial charge in [-0.05, 0) is 24.3 Å². The first kappa shape index (κ1) is 20.3. The molecule has 1 N–H and O–H groups in total. The molecule has 8 heteroatoms. The third-order valence-corrected chi connectivity index (χ3v) is 5.19. The Kier molecular flexibility index (Phi) is 5.65. The number of hydrogen-bond donors (Lipinski definition) is 1. The van der Waals surface area contributed by atoms with Crippen molar-refractivity contribution in [1.29, 1.82) is 0 Å². The molecular weight excluding hydrogens is 410 g/mol. The quantitative estimate of drug-likeness (QED) is 0.731. The highest BCUT2D eigenvalue weighted by Gasteiger charge is 2.39. The van der Waals surface area contributed by atoms with Crippen LogP contribution in [0, 0.1) is 0 Å². The lowest BCUT2D eigenvalue weighted by Gasteiger charge is -2.26. The van der Waals surface area contributed by atoms with Crippen molar-refractivity contribution in [2.45, 2.75) is 18.6 Å². The molecule has 2 heterocycles. The van der Waals surface area contributed by atoms with E-state index in [1.165, 1.54) is 4.90 Å². The Morgan fingerprint density at radius 3 is 2.80 bits per heavy atom. The van der Waals surface area contributed by atoms with E-state index in [4.69, 9.17) is 25.8 Å². The zero-order valence-corrected chi connectivity index (χ0v) is 16.8. The molecule has 0 aliphatic carbocycles. The zero-order chi connectivity index (χ0) is 21.3. The Balaban J connectivity index is 1.91. The number of para-hydroxylation sites is 1. The summed E-state index contributed by atoms with van der Waals surface area (Å²) in [6, 6.07) is 10.5. The summed E-state index contributed by atoms with van der Waals surface area (Å²) in [4.78, 5) is 26.1. The van der Waals surface area contributed by atoms with E-state index in [9.17, 15) is 14.7 Å². The van der Waals surface area contributed by atoms with E-state index in [0.29, 0.717) is 46.5 Å². The van der Waals surface area contributed by atoms with Gasteiger partial charge in [0.1, 0.15) is 25.4 Å². The normalized spacial score (nSPS) is 20.3. The molecule has 2 unspecified atom stereocenters. The molecule has 30 heavy (non-hydrogen) atoms. The van der Waals surface area contributed by atoms with Gasteiger partial charge in [-0.15, -0.1) is 6.58 Å². The number of amides is 1. The molecule has 0 fully saturated rings. The molecule has 2 aromatic carbocycles. The molecule has 1 amide bonds. The fourth-order valence-corrected chi connectivity index (χ4v) is 3.91. The summed E-state index contributed by atoms with van der Waals surface area (Å²) in [6.07, 6.45) is -0.871. The highest BCUT2D eigenvalue weighted by atomic mass is 35.5. The van der Waals surface area contributed by atoms with Crippen LogP contribution in [0.1, 0.15) is 23.7 Å². The Hall–Kier alpha value is -3.03. The molecule has 0 saturated carbocycles. The minimum Gasteiger partial charge on any atom is -0.486 e. The molecule has 2 aromatic rings. The Morgan fingerprint density at radius 1 is 1.23 bits per heavy atom. The van der Waals surface area contributed by atoms with Gasteiger partial charge in [-0.3, -0.25) is 9.59 Å². The average molecular weight is 430 g/mol. The number of hydrogen-bond acceptors (Lipinski definition) is 5. The Labute approximate surface area is 178 Å². The lowest BCUT2D eigenvalue weighted by molar-refractivity contribution is -0.146. The second kappa shape index (κ2) is 8.38. The van der Waals surface area contributed by atoms with Crippen LogP contribution in [-0.4, -0.2) is 42.8 Å². The number of anilines is 1. The van der Waals surface area contributed by atoms with Crippen molar-refractivity contribution in [2.75, 3.05) is 24.7 Å². The van der Waals surface area contributed by atoms with E-state index >= 15 is 0 Å². The van der Waals surface area contributed by atoms with Crippen molar-refractivity contribution in [3.63, 3.8) is 0 Å². The second-order valence-electron chi connectivity index (χ2n) is 6.91. The molecule has 156 valence electrons. The smallest absolute Gasteiger partial charge is 0.306 e. The van der Waals surface area contributed by atoms with Crippen LogP contribution in [0.3, 0.4) is 0 Å². The van der Waals surface area contributed by atoms with E-state index in [1.807, 2.05) is 6.07 Å². The van der Waals surface area contributed by atoms with Crippen LogP contribution in [-0.2, 0) is 14.3 Å². The average Bonchev–Trinajstić information content (AvgIpc) is 2.83. The molecule has 7 nitrogen and oxygen atoms in total. The van der Waals surface area contributed by atoms with Crippen LogP contribution in [0.15, 0.2) is 49.1 Å². The summed E-state index contributed by atoms with van der Waals surface area (Å²) in [5, 5.41) is 9.83. The van der Waals surface area contributed by atoms with Gasteiger partial charge in [-0.2, -0.15) is 0 Å². The van der Waals surface area contributed by atoms with Gasteiger partial charge < -0.3 is 24.2 Å². The van der Waals surface area contributed by atoms with E-state index in [1.54, 1.807) is 36.4 Å². The first-order valence-corrected chi connectivity index (χ1v) is 9.85. The van der Waals surface area contributed by atoms with Crippen LogP contribution in [0.4, 0.5) is 5.69 Å². The minimum atomic E-state index is -1.20. The Bertz CT molecular complexity index is 1010. The van der Waals surface area contributed by atoms with Crippen molar-refractivity contribution < 1.29 is 28.9 Å². The van der Waals surface area contributed by atoms with E-state index in [-0.39, 0.29) is 6.54 Å². The lowest BCUT2D eigenvalue weighted by atomic mass is 9.97. The third kappa shape index (κ3) is 3.74. The van der Waals surface area contributed by atoms with Crippen molar-refractivity contribution >= 4 is 29.2 Å². The van der Waals surface area contributed by atoms with Crippen LogP contribution in [0.25, 0.3) is 0 Å². The summed E-state index contributed by atoms with van der Waals surface area (Å²) in [6.45, 7) is 4.72. The van der Waals surface area contributed by atoms with Crippen LogP contribution in [0.5, 0.6) is 11.5 Å². The maximum atomic E-state index is 13.2. The van der Waals surface area contributed by atoms with Crippen LogP contribution >= 0.6 is 11.6 Å². The highest BCUT2D eigenvalue weighted by molar-refractivity contribution is 6.30. The molecule has 2 atom stereocenters. The summed E-state index contributed by atoms with van der Waals surface area (Å²) >= 11 is 6.28. The summed E-state index contributed by atoms with van der Waals surface area (Å²) in [5.74, 6) is -0.507. The van der Waals surface area contributed by atoms with Gasteiger partial charge in [0.15, 0.2) is 11.5 Å². The zero-order valence-electron chi connectivity index (χ0n) is 16.0. The number of carbonyl (C=O) groups is 2. The lowest BCUT2D eigenvalue weighted by Crippen LogP contribution is -2.40. The van der Waals surface area contributed by atoms with Crippen molar-refractivity contribution in [3.8, 4) is 11.5 Å². The minimum absolute atomic E-state index is 0.201. The second-order valence-corrected chi connectivity index (χ2v) is 7.35. The summed E-state index contributed by atoms with van der Waals surface area (Å²) in [5.41, 5.74) is 1.85. The van der Waals surface area contributed by atoms with E-state index < -0.39 is 30.5 Å².